The minimum absolute atomic E-state index is 0.0770. The van der Waals surface area contributed by atoms with Crippen LogP contribution in [-0.2, 0) is 40.0 Å². The normalized spacial score (nSPS) is 21.1. The number of nitrogens with zero attached hydrogens (tertiary/aromatic N) is 4. The fourth-order valence-electron chi connectivity index (χ4n) is 7.21. The van der Waals surface area contributed by atoms with Crippen molar-refractivity contribution >= 4 is 47.4 Å². The quantitative estimate of drug-likeness (QED) is 0.0442. The minimum Gasteiger partial charge on any atom is -0.480 e. The van der Waals surface area contributed by atoms with Gasteiger partial charge in [0, 0.05) is 26.2 Å². The maximum atomic E-state index is 13.9. The summed E-state index contributed by atoms with van der Waals surface area (Å²) >= 11 is 0. The Morgan fingerprint density at radius 2 is 1.33 bits per heavy atom. The molecule has 3 fully saturated rings. The van der Waals surface area contributed by atoms with E-state index in [9.17, 15) is 43.8 Å². The third-order valence-electron chi connectivity index (χ3n) is 9.91. The number of carbonyl (C=O) groups is 7. The Hall–Kier alpha value is -5.30. The second-order valence-corrected chi connectivity index (χ2v) is 13.7. The number of aliphatic hydroxyl groups excluding tert-OH is 1. The summed E-state index contributed by atoms with van der Waals surface area (Å²) in [6.45, 7) is -0.458. The van der Waals surface area contributed by atoms with Crippen LogP contribution in [0, 0.1) is 0 Å². The van der Waals surface area contributed by atoms with Gasteiger partial charge in [-0.3, -0.25) is 33.8 Å². The lowest BCUT2D eigenvalue weighted by Crippen LogP contribution is -2.58. The van der Waals surface area contributed by atoms with E-state index in [0.717, 1.165) is 10.5 Å². The molecular weight excluding hydrogens is 704 g/mol. The van der Waals surface area contributed by atoms with Gasteiger partial charge in [-0.1, -0.05) is 30.3 Å². The van der Waals surface area contributed by atoms with Crippen molar-refractivity contribution in [2.75, 3.05) is 39.3 Å². The van der Waals surface area contributed by atoms with Crippen molar-refractivity contribution in [3.8, 4) is 0 Å². The largest absolute Gasteiger partial charge is 0.480 e. The van der Waals surface area contributed by atoms with Gasteiger partial charge in [0.2, 0.25) is 35.4 Å². The summed E-state index contributed by atoms with van der Waals surface area (Å²) in [7, 11) is 0. The third-order valence-corrected chi connectivity index (χ3v) is 9.91. The number of hydrogen-bond donors (Lipinski definition) is 8. The number of aliphatic carboxylic acids is 1. The molecule has 19 nitrogen and oxygen atoms in total. The highest BCUT2D eigenvalue weighted by molar-refractivity contribution is 5.96. The van der Waals surface area contributed by atoms with Gasteiger partial charge in [0.05, 0.1) is 19.2 Å². The number of benzene rings is 1. The average Bonchev–Trinajstić information content (AvgIpc) is 3.95. The summed E-state index contributed by atoms with van der Waals surface area (Å²) < 4.78 is 0. The third kappa shape index (κ3) is 10.9. The smallest absolute Gasteiger partial charge is 0.326 e. The van der Waals surface area contributed by atoms with Crippen molar-refractivity contribution in [2.45, 2.75) is 94.0 Å². The number of aliphatic imine (C=N–C) groups is 1. The molecule has 1 aromatic carbocycles. The first-order valence-electron chi connectivity index (χ1n) is 18.3. The Bertz CT molecular complexity index is 1560. The molecule has 3 aliphatic rings. The summed E-state index contributed by atoms with van der Waals surface area (Å²) in [6, 6.07) is 2.95. The number of amides is 6. The SMILES string of the molecule is NC(N)=NCCC[C@H](NC(=O)CNC(=O)[C@@H]1CCCN1C(=O)[C@@H](N)Cc1ccccc1)C(=O)N1CCC[C@H]1C(=O)N[C@@H](CO)C(=O)N1CCC[C@H]1C(=O)O. The van der Waals surface area contributed by atoms with Gasteiger partial charge in [0.25, 0.3) is 0 Å². The van der Waals surface area contributed by atoms with E-state index in [1.807, 2.05) is 30.3 Å². The van der Waals surface area contributed by atoms with Crippen molar-refractivity contribution in [2.24, 2.45) is 22.2 Å². The average molecular weight is 757 g/mol. The number of carboxylic acids is 1. The van der Waals surface area contributed by atoms with Crippen molar-refractivity contribution in [1.82, 2.24) is 30.7 Å². The molecule has 54 heavy (non-hydrogen) atoms. The molecule has 0 aliphatic carbocycles. The number of likely N-dealkylation sites (tertiary alicyclic amines) is 3. The van der Waals surface area contributed by atoms with Crippen LogP contribution in [0.2, 0.25) is 0 Å². The lowest BCUT2D eigenvalue weighted by molar-refractivity contribution is -0.150. The highest BCUT2D eigenvalue weighted by atomic mass is 16.4. The highest BCUT2D eigenvalue weighted by Crippen LogP contribution is 2.22. The van der Waals surface area contributed by atoms with Gasteiger partial charge in [-0.25, -0.2) is 4.79 Å². The Balaban J connectivity index is 1.37. The number of rotatable bonds is 17. The van der Waals surface area contributed by atoms with Gasteiger partial charge in [0.1, 0.15) is 30.2 Å². The van der Waals surface area contributed by atoms with E-state index in [-0.39, 0.29) is 57.2 Å². The van der Waals surface area contributed by atoms with E-state index in [0.29, 0.717) is 38.6 Å². The van der Waals surface area contributed by atoms with Crippen LogP contribution in [0.25, 0.3) is 0 Å². The second kappa shape index (κ2) is 19.7. The van der Waals surface area contributed by atoms with Crippen LogP contribution in [0.1, 0.15) is 56.9 Å². The summed E-state index contributed by atoms with van der Waals surface area (Å²) in [4.78, 5) is 99.4. The van der Waals surface area contributed by atoms with Crippen LogP contribution in [0.3, 0.4) is 0 Å². The first-order chi connectivity index (χ1) is 25.8. The molecule has 0 aromatic heterocycles. The topological polar surface area (TPSA) is 296 Å². The van der Waals surface area contributed by atoms with Crippen LogP contribution in [0.4, 0.5) is 0 Å². The molecule has 11 N–H and O–H groups in total. The van der Waals surface area contributed by atoms with E-state index < -0.39 is 84.9 Å². The van der Waals surface area contributed by atoms with E-state index in [2.05, 4.69) is 20.9 Å². The number of carboxylic acid groups (broad SMARTS) is 1. The molecule has 3 heterocycles. The Kier molecular flexibility index (Phi) is 15.1. The summed E-state index contributed by atoms with van der Waals surface area (Å²) in [5.41, 5.74) is 18.0. The molecule has 1 aromatic rings. The number of carbonyl (C=O) groups excluding carboxylic acids is 6. The van der Waals surface area contributed by atoms with E-state index in [1.165, 1.54) is 9.80 Å². The molecule has 0 saturated carbocycles. The molecule has 0 unspecified atom stereocenters. The van der Waals surface area contributed by atoms with Gasteiger partial charge in [-0.05, 0) is 63.4 Å². The number of aliphatic hydroxyl groups is 1. The van der Waals surface area contributed by atoms with E-state index >= 15 is 0 Å². The first kappa shape index (κ1) is 41.5. The van der Waals surface area contributed by atoms with Crippen LogP contribution in [-0.4, -0.2) is 148 Å². The number of nitrogens with one attached hydrogen (secondary N) is 3. The van der Waals surface area contributed by atoms with Gasteiger partial charge in [0.15, 0.2) is 5.96 Å². The maximum absolute atomic E-state index is 13.9. The molecule has 3 aliphatic heterocycles. The van der Waals surface area contributed by atoms with Crippen LogP contribution in [0.5, 0.6) is 0 Å². The van der Waals surface area contributed by atoms with Crippen LogP contribution < -0.4 is 33.2 Å². The summed E-state index contributed by atoms with van der Waals surface area (Å²) in [6.07, 6.45) is 3.01. The molecule has 0 bridgehead atoms. The zero-order valence-electron chi connectivity index (χ0n) is 30.2. The van der Waals surface area contributed by atoms with E-state index in [1.54, 1.807) is 0 Å². The van der Waals surface area contributed by atoms with Gasteiger partial charge in [-0.15, -0.1) is 0 Å². The predicted molar refractivity (Wildman–Crippen MR) is 194 cm³/mol. The van der Waals surface area contributed by atoms with Crippen molar-refractivity contribution in [3.63, 3.8) is 0 Å². The zero-order valence-corrected chi connectivity index (χ0v) is 30.2. The van der Waals surface area contributed by atoms with E-state index in [4.69, 9.17) is 17.2 Å². The van der Waals surface area contributed by atoms with Gasteiger partial charge in [-0.2, -0.15) is 0 Å². The molecule has 4 rings (SSSR count). The monoisotopic (exact) mass is 756 g/mol. The Morgan fingerprint density at radius 3 is 1.93 bits per heavy atom. The van der Waals surface area contributed by atoms with Crippen LogP contribution in [0.15, 0.2) is 35.3 Å². The maximum Gasteiger partial charge on any atom is 0.326 e. The first-order valence-corrected chi connectivity index (χ1v) is 18.3. The standard InChI is InChI=1S/C35H52N10O9/c36-22(18-21-8-2-1-3-9-21)31(50)43-15-5-11-25(43)29(48)40-19-28(47)41-23(10-4-14-39-35(37)38)32(51)44-16-6-12-26(44)30(49)42-24(20-46)33(52)45-17-7-13-27(45)34(53)54/h1-3,8-9,22-27,46H,4-7,10-20,36H2,(H,40,48)(H,41,47)(H,42,49)(H,53,54)(H4,37,38,39)/t22-,23-,24-,25-,26-,27-/m0/s1. The number of guanidine groups is 1. The minimum atomic E-state index is -1.42. The lowest BCUT2D eigenvalue weighted by atomic mass is 10.1. The predicted octanol–water partition coefficient (Wildman–Crippen LogP) is -3.25. The molecule has 3 saturated heterocycles. The molecule has 296 valence electrons. The van der Waals surface area contributed by atoms with Crippen molar-refractivity contribution < 1.29 is 43.8 Å². The fourth-order valence-corrected chi connectivity index (χ4v) is 7.21. The molecule has 19 heteroatoms. The summed E-state index contributed by atoms with van der Waals surface area (Å²) in [5.74, 6) is -4.97. The zero-order chi connectivity index (χ0) is 39.4. The van der Waals surface area contributed by atoms with Crippen molar-refractivity contribution in [1.29, 1.82) is 0 Å². The summed E-state index contributed by atoms with van der Waals surface area (Å²) in [5, 5.41) is 27.1. The van der Waals surface area contributed by atoms with Gasteiger partial charge < -0.3 is 58.1 Å². The molecule has 6 atom stereocenters. The van der Waals surface area contributed by atoms with Gasteiger partial charge >= 0.3 is 5.97 Å². The number of nitrogens with two attached hydrogens (primary N) is 3. The Labute approximate surface area is 313 Å². The number of hydrogen-bond acceptors (Lipinski definition) is 10. The Morgan fingerprint density at radius 1 is 0.778 bits per heavy atom. The second-order valence-electron chi connectivity index (χ2n) is 13.7. The molecule has 0 radical (unpaired) electrons. The fraction of sp³-hybridized carbons (Fsp3) is 0.600. The van der Waals surface area contributed by atoms with Crippen LogP contribution >= 0.6 is 0 Å². The lowest BCUT2D eigenvalue weighted by Gasteiger charge is -2.31. The highest BCUT2D eigenvalue weighted by Gasteiger charge is 2.42. The molecule has 0 spiro atoms. The van der Waals surface area contributed by atoms with Crippen molar-refractivity contribution in [3.05, 3.63) is 35.9 Å². The molecule has 6 amide bonds. The molecular formula is C35H52N10O9.